The highest BCUT2D eigenvalue weighted by Crippen LogP contribution is 2.20. The molecule has 1 aliphatic heterocycles. The van der Waals surface area contributed by atoms with Gasteiger partial charge >= 0.3 is 0 Å². The van der Waals surface area contributed by atoms with Gasteiger partial charge in [0.1, 0.15) is 5.82 Å². The fourth-order valence-electron chi connectivity index (χ4n) is 2.20. The van der Waals surface area contributed by atoms with Crippen LogP contribution < -0.4 is 4.72 Å². The second-order valence-electron chi connectivity index (χ2n) is 4.94. The summed E-state index contributed by atoms with van der Waals surface area (Å²) in [7, 11) is -3.73. The average Bonchev–Trinajstić information content (AvgIpc) is 2.92. The van der Waals surface area contributed by atoms with Crippen LogP contribution in [0.25, 0.3) is 0 Å². The van der Waals surface area contributed by atoms with Crippen molar-refractivity contribution in [3.63, 3.8) is 0 Å². The number of aliphatic hydroxyl groups excluding tert-OH is 1. The van der Waals surface area contributed by atoms with E-state index in [2.05, 4.69) is 4.72 Å². The molecule has 1 aromatic rings. The minimum absolute atomic E-state index is 0.0373. The lowest BCUT2D eigenvalue weighted by molar-refractivity contribution is 0.180. The molecule has 0 saturated carbocycles. The van der Waals surface area contributed by atoms with Crippen molar-refractivity contribution in [1.82, 2.24) is 4.72 Å². The normalized spacial score (nSPS) is 21.1. The number of benzene rings is 1. The molecule has 112 valence electrons. The van der Waals surface area contributed by atoms with E-state index in [4.69, 9.17) is 9.84 Å². The summed E-state index contributed by atoms with van der Waals surface area (Å²) in [5.41, 5.74) is -0.0373. The first-order valence-electron chi connectivity index (χ1n) is 6.43. The first-order valence-corrected chi connectivity index (χ1v) is 7.91. The van der Waals surface area contributed by atoms with Gasteiger partial charge in [-0.15, -0.1) is 0 Å². The number of hydrogen-bond donors (Lipinski definition) is 2. The SMILES string of the molecule is CC(NS(=O)(=O)c1ccc(F)c(CO)c1)C1CCOC1. The number of sulfonamides is 1. The lowest BCUT2D eigenvalue weighted by Crippen LogP contribution is -2.38. The van der Waals surface area contributed by atoms with Crippen LogP contribution in [-0.4, -0.2) is 32.8 Å². The highest BCUT2D eigenvalue weighted by atomic mass is 32.2. The molecule has 2 N–H and O–H groups in total. The Hall–Kier alpha value is -1.02. The van der Waals surface area contributed by atoms with Crippen LogP contribution in [0.1, 0.15) is 18.9 Å². The third-order valence-electron chi connectivity index (χ3n) is 3.51. The predicted molar refractivity (Wildman–Crippen MR) is 71.0 cm³/mol. The van der Waals surface area contributed by atoms with Crippen molar-refractivity contribution in [3.8, 4) is 0 Å². The van der Waals surface area contributed by atoms with Crippen LogP contribution in [-0.2, 0) is 21.4 Å². The molecule has 0 spiro atoms. The summed E-state index contributed by atoms with van der Waals surface area (Å²) in [6.45, 7) is 2.42. The number of hydrogen-bond acceptors (Lipinski definition) is 4. The van der Waals surface area contributed by atoms with E-state index in [9.17, 15) is 12.8 Å². The molecule has 2 atom stereocenters. The molecule has 0 radical (unpaired) electrons. The van der Waals surface area contributed by atoms with Gasteiger partial charge in [0, 0.05) is 24.1 Å². The largest absolute Gasteiger partial charge is 0.392 e. The van der Waals surface area contributed by atoms with Gasteiger partial charge in [-0.3, -0.25) is 0 Å². The molecule has 1 aromatic carbocycles. The minimum Gasteiger partial charge on any atom is -0.392 e. The molecular weight excluding hydrogens is 285 g/mol. The van der Waals surface area contributed by atoms with E-state index >= 15 is 0 Å². The maximum atomic E-state index is 13.3. The third-order valence-corrected chi connectivity index (χ3v) is 5.07. The van der Waals surface area contributed by atoms with Crippen LogP contribution in [0, 0.1) is 11.7 Å². The topological polar surface area (TPSA) is 75.6 Å². The summed E-state index contributed by atoms with van der Waals surface area (Å²) in [5.74, 6) is -0.480. The Morgan fingerprint density at radius 2 is 2.30 bits per heavy atom. The zero-order chi connectivity index (χ0) is 14.8. The second-order valence-corrected chi connectivity index (χ2v) is 6.66. The van der Waals surface area contributed by atoms with Crippen LogP contribution in [0.3, 0.4) is 0 Å². The first-order chi connectivity index (χ1) is 9.44. The third kappa shape index (κ3) is 3.35. The van der Waals surface area contributed by atoms with E-state index in [1.54, 1.807) is 6.92 Å². The maximum absolute atomic E-state index is 13.3. The second kappa shape index (κ2) is 6.17. The van der Waals surface area contributed by atoms with Crippen LogP contribution in [0.5, 0.6) is 0 Å². The molecule has 0 amide bonds. The lowest BCUT2D eigenvalue weighted by Gasteiger charge is -2.19. The van der Waals surface area contributed by atoms with Gasteiger partial charge in [-0.2, -0.15) is 0 Å². The zero-order valence-corrected chi connectivity index (χ0v) is 12.0. The summed E-state index contributed by atoms with van der Waals surface area (Å²) >= 11 is 0. The Balaban J connectivity index is 2.17. The van der Waals surface area contributed by atoms with Gasteiger partial charge in [0.2, 0.25) is 10.0 Å². The molecule has 20 heavy (non-hydrogen) atoms. The van der Waals surface area contributed by atoms with Crippen molar-refractivity contribution in [2.45, 2.75) is 30.9 Å². The van der Waals surface area contributed by atoms with E-state index in [0.717, 1.165) is 18.6 Å². The van der Waals surface area contributed by atoms with Crippen molar-refractivity contribution in [2.24, 2.45) is 5.92 Å². The molecule has 2 rings (SSSR count). The van der Waals surface area contributed by atoms with E-state index < -0.39 is 22.4 Å². The Bertz CT molecular complexity index is 570. The number of rotatable bonds is 5. The Kier molecular flexibility index (Phi) is 4.74. The van der Waals surface area contributed by atoms with E-state index in [1.165, 1.54) is 6.07 Å². The molecule has 1 heterocycles. The van der Waals surface area contributed by atoms with Crippen molar-refractivity contribution in [3.05, 3.63) is 29.6 Å². The van der Waals surface area contributed by atoms with Crippen molar-refractivity contribution >= 4 is 10.0 Å². The van der Waals surface area contributed by atoms with E-state index in [0.29, 0.717) is 13.2 Å². The number of nitrogens with one attached hydrogen (secondary N) is 1. The van der Waals surface area contributed by atoms with Crippen molar-refractivity contribution in [2.75, 3.05) is 13.2 Å². The Morgan fingerprint density at radius 3 is 2.90 bits per heavy atom. The van der Waals surface area contributed by atoms with Gasteiger partial charge in [0.15, 0.2) is 0 Å². The molecule has 1 aliphatic rings. The molecule has 0 bridgehead atoms. The molecule has 1 fully saturated rings. The van der Waals surface area contributed by atoms with Crippen molar-refractivity contribution < 1.29 is 22.7 Å². The number of aliphatic hydroxyl groups is 1. The Labute approximate surface area is 117 Å². The molecule has 0 aromatic heterocycles. The minimum atomic E-state index is -3.73. The summed E-state index contributed by atoms with van der Waals surface area (Å²) < 4.78 is 45.5. The van der Waals surface area contributed by atoms with Crippen LogP contribution >= 0.6 is 0 Å². The number of ether oxygens (including phenoxy) is 1. The molecule has 5 nitrogen and oxygen atoms in total. The standard InChI is InChI=1S/C13H18FNO4S/c1-9(10-4-5-19-8-10)15-20(17,18)12-2-3-13(14)11(6-12)7-16/h2-3,6,9-10,15-16H,4-5,7-8H2,1H3. The van der Waals surface area contributed by atoms with E-state index in [-0.39, 0.29) is 22.4 Å². The fraction of sp³-hybridized carbons (Fsp3) is 0.538. The molecule has 1 saturated heterocycles. The summed E-state index contributed by atoms with van der Waals surface area (Å²) in [6.07, 6.45) is 0.814. The molecular formula is C13H18FNO4S. The van der Waals surface area contributed by atoms with Gasteiger partial charge < -0.3 is 9.84 Å². The van der Waals surface area contributed by atoms with Gasteiger partial charge in [-0.05, 0) is 31.5 Å². The molecule has 0 aliphatic carbocycles. The highest BCUT2D eigenvalue weighted by molar-refractivity contribution is 7.89. The van der Waals surface area contributed by atoms with E-state index in [1.807, 2.05) is 0 Å². The van der Waals surface area contributed by atoms with Gasteiger partial charge in [0.05, 0.1) is 18.1 Å². The van der Waals surface area contributed by atoms with Crippen LogP contribution in [0.4, 0.5) is 4.39 Å². The summed E-state index contributed by atoms with van der Waals surface area (Å²) in [4.78, 5) is -0.0475. The zero-order valence-electron chi connectivity index (χ0n) is 11.2. The Morgan fingerprint density at radius 1 is 1.55 bits per heavy atom. The van der Waals surface area contributed by atoms with Gasteiger partial charge in [-0.1, -0.05) is 0 Å². The smallest absolute Gasteiger partial charge is 0.240 e. The van der Waals surface area contributed by atoms with Crippen LogP contribution in [0.15, 0.2) is 23.1 Å². The predicted octanol–water partition coefficient (Wildman–Crippen LogP) is 1.02. The van der Waals surface area contributed by atoms with Crippen LogP contribution in [0.2, 0.25) is 0 Å². The quantitative estimate of drug-likeness (QED) is 0.851. The van der Waals surface area contributed by atoms with Gasteiger partial charge in [-0.25, -0.2) is 17.5 Å². The first kappa shape index (κ1) is 15.4. The molecule has 7 heteroatoms. The average molecular weight is 303 g/mol. The van der Waals surface area contributed by atoms with Gasteiger partial charge in [0.25, 0.3) is 0 Å². The van der Waals surface area contributed by atoms with Crippen molar-refractivity contribution in [1.29, 1.82) is 0 Å². The number of halogens is 1. The summed E-state index contributed by atoms with van der Waals surface area (Å²) in [6, 6.07) is 3.12. The molecule has 2 unspecified atom stereocenters. The summed E-state index contributed by atoms with van der Waals surface area (Å²) in [5, 5.41) is 8.99. The monoisotopic (exact) mass is 303 g/mol. The maximum Gasteiger partial charge on any atom is 0.240 e. The lowest BCUT2D eigenvalue weighted by atomic mass is 10.0. The highest BCUT2D eigenvalue weighted by Gasteiger charge is 2.27. The fourth-order valence-corrected chi connectivity index (χ4v) is 3.56.